The number of nitrogens with zero attached hydrogens (tertiary/aromatic N) is 3. The summed E-state index contributed by atoms with van der Waals surface area (Å²) in [4.78, 5) is 27.4. The molecule has 3 aromatic rings. The van der Waals surface area contributed by atoms with Crippen LogP contribution in [0.3, 0.4) is 0 Å². The zero-order valence-electron chi connectivity index (χ0n) is 17.8. The van der Waals surface area contributed by atoms with Crippen LogP contribution in [0.2, 0.25) is 5.02 Å². The molecule has 6 nitrogen and oxygen atoms in total. The van der Waals surface area contributed by atoms with Gasteiger partial charge in [-0.05, 0) is 44.0 Å². The van der Waals surface area contributed by atoms with Crippen molar-refractivity contribution in [3.8, 4) is 11.1 Å². The molecule has 0 saturated carbocycles. The molecule has 1 atom stereocenters. The number of aliphatic hydroxyl groups is 1. The molecule has 1 fully saturated rings. The number of hydrogen-bond acceptors (Lipinski definition) is 3. The zero-order chi connectivity index (χ0) is 23.2. The van der Waals surface area contributed by atoms with Gasteiger partial charge in [-0.1, -0.05) is 17.7 Å². The van der Waals surface area contributed by atoms with Crippen molar-refractivity contribution >= 4 is 28.4 Å². The average Bonchev–Trinajstić information content (AvgIpc) is 3.29. The van der Waals surface area contributed by atoms with E-state index in [-0.39, 0.29) is 30.6 Å². The van der Waals surface area contributed by atoms with Crippen LogP contribution in [0.15, 0.2) is 41.5 Å². The molecule has 2 aromatic heterocycles. The summed E-state index contributed by atoms with van der Waals surface area (Å²) in [6.45, 7) is 3.69. The molecule has 3 heterocycles. The SMILES string of the molecule is CC(C)(O)Cn1cc(-c2ccc(F)c(Cl)c2)c2c(=O)n(CC(=O)N3CCC(F)C3)ccc21. The van der Waals surface area contributed by atoms with E-state index in [9.17, 15) is 23.5 Å². The summed E-state index contributed by atoms with van der Waals surface area (Å²) in [6.07, 6.45) is 2.50. The molecular weight excluding hydrogens is 440 g/mol. The lowest BCUT2D eigenvalue weighted by atomic mass is 10.1. The van der Waals surface area contributed by atoms with Gasteiger partial charge in [-0.25, -0.2) is 8.78 Å². The van der Waals surface area contributed by atoms with Crippen molar-refractivity contribution in [3.63, 3.8) is 0 Å². The van der Waals surface area contributed by atoms with Crippen molar-refractivity contribution in [3.05, 3.63) is 57.9 Å². The van der Waals surface area contributed by atoms with E-state index in [2.05, 4.69) is 0 Å². The minimum absolute atomic E-state index is 0.0388. The van der Waals surface area contributed by atoms with Crippen LogP contribution >= 0.6 is 11.6 Å². The van der Waals surface area contributed by atoms with E-state index >= 15 is 0 Å². The van der Waals surface area contributed by atoms with Gasteiger partial charge in [0.1, 0.15) is 18.5 Å². The van der Waals surface area contributed by atoms with Crippen LogP contribution in [-0.4, -0.2) is 49.9 Å². The molecule has 1 N–H and O–H groups in total. The summed E-state index contributed by atoms with van der Waals surface area (Å²) >= 11 is 5.97. The number of fused-ring (bicyclic) bond motifs is 1. The highest BCUT2D eigenvalue weighted by molar-refractivity contribution is 6.31. The number of pyridine rings is 1. The lowest BCUT2D eigenvalue weighted by Crippen LogP contribution is -2.35. The fourth-order valence-corrected chi connectivity index (χ4v) is 4.27. The fourth-order valence-electron chi connectivity index (χ4n) is 4.09. The van der Waals surface area contributed by atoms with Crippen molar-refractivity contribution < 1.29 is 18.7 Å². The molecule has 170 valence electrons. The first-order chi connectivity index (χ1) is 15.0. The number of hydrogen-bond donors (Lipinski definition) is 1. The van der Waals surface area contributed by atoms with E-state index in [1.807, 2.05) is 0 Å². The molecule has 1 aromatic carbocycles. The zero-order valence-corrected chi connectivity index (χ0v) is 18.6. The first-order valence-corrected chi connectivity index (χ1v) is 10.7. The predicted molar refractivity (Wildman–Crippen MR) is 119 cm³/mol. The number of alkyl halides is 1. The van der Waals surface area contributed by atoms with Crippen molar-refractivity contribution in [2.24, 2.45) is 0 Å². The van der Waals surface area contributed by atoms with Crippen LogP contribution < -0.4 is 5.56 Å². The maximum absolute atomic E-state index is 13.7. The third kappa shape index (κ3) is 4.42. The molecule has 0 spiro atoms. The van der Waals surface area contributed by atoms with Gasteiger partial charge in [0, 0.05) is 24.5 Å². The van der Waals surface area contributed by atoms with Crippen LogP contribution in [-0.2, 0) is 17.9 Å². The maximum atomic E-state index is 13.7. The quantitative estimate of drug-likeness (QED) is 0.628. The largest absolute Gasteiger partial charge is 0.389 e. The van der Waals surface area contributed by atoms with Gasteiger partial charge in [0.05, 0.1) is 34.6 Å². The molecule has 0 bridgehead atoms. The van der Waals surface area contributed by atoms with E-state index in [0.29, 0.717) is 35.0 Å². The monoisotopic (exact) mass is 463 g/mol. The van der Waals surface area contributed by atoms with Gasteiger partial charge in [-0.2, -0.15) is 0 Å². The molecule has 1 aliphatic rings. The van der Waals surface area contributed by atoms with Crippen molar-refractivity contribution in [1.29, 1.82) is 0 Å². The van der Waals surface area contributed by atoms with Crippen molar-refractivity contribution in [2.75, 3.05) is 13.1 Å². The Balaban J connectivity index is 1.82. The minimum atomic E-state index is -1.05. The Morgan fingerprint density at radius 2 is 2.03 bits per heavy atom. The summed E-state index contributed by atoms with van der Waals surface area (Å²) in [7, 11) is 0. The maximum Gasteiger partial charge on any atom is 0.261 e. The molecule has 1 aliphatic heterocycles. The number of halogens is 3. The highest BCUT2D eigenvalue weighted by atomic mass is 35.5. The predicted octanol–water partition coefficient (Wildman–Crippen LogP) is 3.60. The normalized spacial score (nSPS) is 16.8. The Labute approximate surface area is 188 Å². The molecule has 4 rings (SSSR count). The molecule has 32 heavy (non-hydrogen) atoms. The number of amides is 1. The smallest absolute Gasteiger partial charge is 0.261 e. The van der Waals surface area contributed by atoms with Gasteiger partial charge in [0.15, 0.2) is 0 Å². The molecule has 1 amide bonds. The van der Waals surface area contributed by atoms with E-state index in [0.717, 1.165) is 0 Å². The summed E-state index contributed by atoms with van der Waals surface area (Å²) in [5.74, 6) is -0.899. The number of carbonyl (C=O) groups excluding carboxylic acids is 1. The van der Waals surface area contributed by atoms with Gasteiger partial charge in [0.25, 0.3) is 5.56 Å². The van der Waals surface area contributed by atoms with E-state index < -0.39 is 23.1 Å². The lowest BCUT2D eigenvalue weighted by Gasteiger charge is -2.19. The summed E-state index contributed by atoms with van der Waals surface area (Å²) in [5.41, 5.74) is 0.172. The second-order valence-electron chi connectivity index (χ2n) is 8.85. The highest BCUT2D eigenvalue weighted by Gasteiger charge is 2.27. The Morgan fingerprint density at radius 3 is 2.66 bits per heavy atom. The second kappa shape index (κ2) is 8.33. The van der Waals surface area contributed by atoms with Crippen LogP contribution in [0.5, 0.6) is 0 Å². The van der Waals surface area contributed by atoms with Gasteiger partial charge < -0.3 is 19.1 Å². The Kier molecular flexibility index (Phi) is 5.85. The highest BCUT2D eigenvalue weighted by Crippen LogP contribution is 2.32. The summed E-state index contributed by atoms with van der Waals surface area (Å²) in [5, 5.41) is 10.6. The van der Waals surface area contributed by atoms with Gasteiger partial charge >= 0.3 is 0 Å². The fraction of sp³-hybridized carbons (Fsp3) is 0.391. The number of rotatable bonds is 5. The van der Waals surface area contributed by atoms with E-state index in [1.54, 1.807) is 30.7 Å². The topological polar surface area (TPSA) is 67.5 Å². The minimum Gasteiger partial charge on any atom is -0.389 e. The average molecular weight is 464 g/mol. The Bertz CT molecular complexity index is 1250. The first kappa shape index (κ1) is 22.5. The molecule has 9 heteroatoms. The number of benzene rings is 1. The third-order valence-corrected chi connectivity index (χ3v) is 5.87. The number of aromatic nitrogens is 2. The molecule has 0 radical (unpaired) electrons. The van der Waals surface area contributed by atoms with Gasteiger partial charge in [-0.15, -0.1) is 0 Å². The van der Waals surface area contributed by atoms with E-state index in [1.165, 1.54) is 33.9 Å². The summed E-state index contributed by atoms with van der Waals surface area (Å²) < 4.78 is 30.2. The summed E-state index contributed by atoms with van der Waals surface area (Å²) in [6, 6.07) is 5.89. The van der Waals surface area contributed by atoms with Crippen LogP contribution in [0, 0.1) is 5.82 Å². The number of likely N-dealkylation sites (tertiary alicyclic amines) is 1. The Hall–Kier alpha value is -2.71. The number of carbonyl (C=O) groups is 1. The van der Waals surface area contributed by atoms with Gasteiger partial charge in [0.2, 0.25) is 5.91 Å². The first-order valence-electron chi connectivity index (χ1n) is 10.4. The van der Waals surface area contributed by atoms with Crippen LogP contribution in [0.25, 0.3) is 22.0 Å². The molecule has 1 saturated heterocycles. The van der Waals surface area contributed by atoms with Crippen molar-refractivity contribution in [1.82, 2.24) is 14.0 Å². The molecular formula is C23H24ClF2N3O3. The molecule has 0 aliphatic carbocycles. The van der Waals surface area contributed by atoms with Crippen LogP contribution in [0.1, 0.15) is 20.3 Å². The van der Waals surface area contributed by atoms with Crippen LogP contribution in [0.4, 0.5) is 8.78 Å². The standard InChI is InChI=1S/C23H24ClF2N3O3/c1-23(2,32)13-29-11-16(14-3-4-18(26)17(24)9-14)21-19(29)6-8-28(22(21)31)12-20(30)27-7-5-15(25)10-27/h3-4,6,8-9,11,15,32H,5,7,10,12-13H2,1-2H3. The third-order valence-electron chi connectivity index (χ3n) is 5.58. The van der Waals surface area contributed by atoms with Gasteiger partial charge in [-0.3, -0.25) is 9.59 Å². The lowest BCUT2D eigenvalue weighted by molar-refractivity contribution is -0.131. The van der Waals surface area contributed by atoms with Crippen molar-refractivity contribution in [2.45, 2.75) is 45.1 Å². The van der Waals surface area contributed by atoms with E-state index in [4.69, 9.17) is 11.6 Å². The molecule has 1 unspecified atom stereocenters. The Morgan fingerprint density at radius 1 is 1.28 bits per heavy atom. The second-order valence-corrected chi connectivity index (χ2v) is 9.25.